The normalized spacial score (nSPS) is 26.5. The van der Waals surface area contributed by atoms with E-state index in [0.29, 0.717) is 12.5 Å². The van der Waals surface area contributed by atoms with E-state index >= 15 is 0 Å². The van der Waals surface area contributed by atoms with Gasteiger partial charge in [0.05, 0.1) is 5.92 Å². The summed E-state index contributed by atoms with van der Waals surface area (Å²) in [7, 11) is 0. The van der Waals surface area contributed by atoms with Crippen LogP contribution in [0, 0.1) is 5.92 Å². The maximum absolute atomic E-state index is 12.4. The Balaban J connectivity index is 0.00000220. The maximum Gasteiger partial charge on any atom is 0.224 e. The van der Waals surface area contributed by atoms with Crippen molar-refractivity contribution in [2.24, 2.45) is 11.7 Å². The Bertz CT molecular complexity index is 447. The number of hydrogen-bond donors (Lipinski definition) is 2. The van der Waals surface area contributed by atoms with Gasteiger partial charge in [0.25, 0.3) is 0 Å². The highest BCUT2D eigenvalue weighted by atomic mass is 35.5. The Morgan fingerprint density at radius 2 is 2.05 bits per heavy atom. The Kier molecular flexibility index (Phi) is 6.69. The van der Waals surface area contributed by atoms with E-state index in [0.717, 1.165) is 25.7 Å². The molecule has 1 aliphatic carbocycles. The molecular formula is C17H27ClN2O. The van der Waals surface area contributed by atoms with Gasteiger partial charge < -0.3 is 11.1 Å². The van der Waals surface area contributed by atoms with Gasteiger partial charge in [-0.2, -0.15) is 0 Å². The first-order valence-electron chi connectivity index (χ1n) is 7.62. The minimum absolute atomic E-state index is 0. The monoisotopic (exact) mass is 310 g/mol. The summed E-state index contributed by atoms with van der Waals surface area (Å²) in [6.07, 6.45) is 4.11. The zero-order valence-corrected chi connectivity index (χ0v) is 13.8. The van der Waals surface area contributed by atoms with Gasteiger partial charge >= 0.3 is 0 Å². The van der Waals surface area contributed by atoms with Gasteiger partial charge in [0.2, 0.25) is 5.91 Å². The van der Waals surface area contributed by atoms with Crippen LogP contribution in [0.5, 0.6) is 0 Å². The molecule has 21 heavy (non-hydrogen) atoms. The largest absolute Gasteiger partial charge is 0.355 e. The summed E-state index contributed by atoms with van der Waals surface area (Å²) in [5, 5.41) is 3.09. The molecule has 3 unspecified atom stereocenters. The number of hydrogen-bond acceptors (Lipinski definition) is 2. The molecule has 1 aromatic rings. The highest BCUT2D eigenvalue weighted by Crippen LogP contribution is 2.31. The van der Waals surface area contributed by atoms with Crippen LogP contribution < -0.4 is 11.1 Å². The first kappa shape index (κ1) is 18.0. The second-order valence-electron chi connectivity index (χ2n) is 6.36. The van der Waals surface area contributed by atoms with Crippen molar-refractivity contribution in [3.8, 4) is 0 Å². The molecule has 1 saturated carbocycles. The quantitative estimate of drug-likeness (QED) is 0.897. The number of carbonyl (C=O) groups is 1. The van der Waals surface area contributed by atoms with E-state index < -0.39 is 0 Å². The van der Waals surface area contributed by atoms with Crippen molar-refractivity contribution in [3.05, 3.63) is 35.9 Å². The fraction of sp³-hybridized carbons (Fsp3) is 0.588. The van der Waals surface area contributed by atoms with Crippen LogP contribution in [0.25, 0.3) is 0 Å². The number of halogens is 1. The predicted molar refractivity (Wildman–Crippen MR) is 89.7 cm³/mol. The molecule has 0 aromatic heterocycles. The minimum atomic E-state index is -0.349. The molecular weight excluding hydrogens is 284 g/mol. The van der Waals surface area contributed by atoms with E-state index in [2.05, 4.69) is 24.4 Å². The fourth-order valence-electron chi connectivity index (χ4n) is 3.07. The van der Waals surface area contributed by atoms with E-state index in [4.69, 9.17) is 5.73 Å². The van der Waals surface area contributed by atoms with Crippen molar-refractivity contribution < 1.29 is 4.79 Å². The molecule has 1 amide bonds. The number of carbonyl (C=O) groups excluding carboxylic acids is 1. The molecule has 0 saturated heterocycles. The second kappa shape index (κ2) is 7.81. The minimum Gasteiger partial charge on any atom is -0.355 e. The van der Waals surface area contributed by atoms with E-state index in [1.54, 1.807) is 0 Å². The third-order valence-electron chi connectivity index (χ3n) is 4.52. The molecule has 0 radical (unpaired) electrons. The van der Waals surface area contributed by atoms with Gasteiger partial charge in [-0.3, -0.25) is 4.79 Å². The maximum atomic E-state index is 12.4. The van der Waals surface area contributed by atoms with Crippen molar-refractivity contribution >= 4 is 18.3 Å². The molecule has 3 atom stereocenters. The number of rotatable bonds is 4. The molecule has 2 rings (SSSR count). The van der Waals surface area contributed by atoms with Crippen molar-refractivity contribution in [1.82, 2.24) is 5.32 Å². The summed E-state index contributed by atoms with van der Waals surface area (Å²) < 4.78 is 0. The molecule has 3 N–H and O–H groups in total. The summed E-state index contributed by atoms with van der Waals surface area (Å²) in [6, 6.07) is 10.3. The van der Waals surface area contributed by atoms with Crippen molar-refractivity contribution in [1.29, 1.82) is 0 Å². The standard InChI is InChI=1S/C17H26N2O.ClH/c1-13(14-8-4-3-5-9-14)12-19-16(20)15-10-6-7-11-17(15,2)18;/h3-5,8-9,13,15H,6-7,10-12,18H2,1-2H3,(H,19,20);1H. The van der Waals surface area contributed by atoms with E-state index in [1.807, 2.05) is 25.1 Å². The number of nitrogens with two attached hydrogens (primary N) is 1. The Hall–Kier alpha value is -1.06. The Labute approximate surface area is 134 Å². The Morgan fingerprint density at radius 1 is 1.38 bits per heavy atom. The van der Waals surface area contributed by atoms with Crippen LogP contribution in [0.3, 0.4) is 0 Å². The van der Waals surface area contributed by atoms with Crippen LogP contribution in [0.1, 0.15) is 51.0 Å². The molecule has 0 bridgehead atoms. The van der Waals surface area contributed by atoms with Gasteiger partial charge in [-0.1, -0.05) is 50.1 Å². The number of benzene rings is 1. The number of nitrogens with one attached hydrogen (secondary N) is 1. The lowest BCUT2D eigenvalue weighted by molar-refractivity contribution is -0.128. The van der Waals surface area contributed by atoms with Gasteiger partial charge in [-0.25, -0.2) is 0 Å². The molecule has 4 heteroatoms. The second-order valence-corrected chi connectivity index (χ2v) is 6.36. The molecule has 0 heterocycles. The van der Waals surface area contributed by atoms with Crippen molar-refractivity contribution in [2.75, 3.05) is 6.54 Å². The first-order chi connectivity index (χ1) is 9.50. The molecule has 1 aromatic carbocycles. The lowest BCUT2D eigenvalue weighted by Gasteiger charge is -2.37. The SMILES string of the molecule is CC(CNC(=O)C1CCCCC1(C)N)c1ccccc1.Cl. The number of amides is 1. The van der Waals surface area contributed by atoms with Gasteiger partial charge in [-0.05, 0) is 31.2 Å². The molecule has 0 aliphatic heterocycles. The third-order valence-corrected chi connectivity index (χ3v) is 4.52. The van der Waals surface area contributed by atoms with Gasteiger partial charge in [0, 0.05) is 12.1 Å². The summed E-state index contributed by atoms with van der Waals surface area (Å²) in [4.78, 5) is 12.4. The first-order valence-corrected chi connectivity index (χ1v) is 7.62. The van der Waals surface area contributed by atoms with Crippen LogP contribution in [0.4, 0.5) is 0 Å². The zero-order valence-electron chi connectivity index (χ0n) is 13.0. The van der Waals surface area contributed by atoms with Crippen molar-refractivity contribution in [3.63, 3.8) is 0 Å². The summed E-state index contributed by atoms with van der Waals surface area (Å²) >= 11 is 0. The zero-order chi connectivity index (χ0) is 14.6. The van der Waals surface area contributed by atoms with E-state index in [1.165, 1.54) is 5.56 Å². The van der Waals surface area contributed by atoms with Crippen LogP contribution >= 0.6 is 12.4 Å². The lowest BCUT2D eigenvalue weighted by atomic mass is 9.74. The van der Waals surface area contributed by atoms with Gasteiger partial charge in [0.1, 0.15) is 0 Å². The molecule has 1 aliphatic rings. The van der Waals surface area contributed by atoms with Crippen LogP contribution in [-0.2, 0) is 4.79 Å². The highest BCUT2D eigenvalue weighted by Gasteiger charge is 2.37. The van der Waals surface area contributed by atoms with Gasteiger partial charge in [-0.15, -0.1) is 12.4 Å². The molecule has 1 fully saturated rings. The predicted octanol–water partition coefficient (Wildman–Crippen LogP) is 3.24. The van der Waals surface area contributed by atoms with Crippen molar-refractivity contribution in [2.45, 2.75) is 51.0 Å². The summed E-state index contributed by atoms with van der Waals surface area (Å²) in [6.45, 7) is 4.82. The molecule has 0 spiro atoms. The van der Waals surface area contributed by atoms with Crippen LogP contribution in [0.15, 0.2) is 30.3 Å². The third kappa shape index (κ3) is 4.72. The van der Waals surface area contributed by atoms with Gasteiger partial charge in [0.15, 0.2) is 0 Å². The van der Waals surface area contributed by atoms with E-state index in [9.17, 15) is 4.79 Å². The Morgan fingerprint density at radius 3 is 2.67 bits per heavy atom. The lowest BCUT2D eigenvalue weighted by Crippen LogP contribution is -2.53. The topological polar surface area (TPSA) is 55.1 Å². The average molecular weight is 311 g/mol. The molecule has 3 nitrogen and oxygen atoms in total. The molecule has 118 valence electrons. The van der Waals surface area contributed by atoms with Crippen LogP contribution in [0.2, 0.25) is 0 Å². The van der Waals surface area contributed by atoms with E-state index in [-0.39, 0.29) is 29.8 Å². The summed E-state index contributed by atoms with van der Waals surface area (Å²) in [5.41, 5.74) is 7.19. The van der Waals surface area contributed by atoms with Crippen LogP contribution in [-0.4, -0.2) is 18.0 Å². The average Bonchev–Trinajstić information content (AvgIpc) is 2.45. The summed E-state index contributed by atoms with van der Waals surface area (Å²) in [5.74, 6) is 0.407. The smallest absolute Gasteiger partial charge is 0.224 e. The fourth-order valence-corrected chi connectivity index (χ4v) is 3.07. The highest BCUT2D eigenvalue weighted by molar-refractivity contribution is 5.85.